The highest BCUT2D eigenvalue weighted by molar-refractivity contribution is 5.33. The second-order valence-electron chi connectivity index (χ2n) is 5.91. The Morgan fingerprint density at radius 2 is 2.20 bits per heavy atom. The molecule has 0 amide bonds. The Balaban J connectivity index is 1.99. The summed E-state index contributed by atoms with van der Waals surface area (Å²) >= 11 is 0. The van der Waals surface area contributed by atoms with Crippen molar-refractivity contribution in [1.82, 2.24) is 9.47 Å². The second-order valence-corrected chi connectivity index (χ2v) is 5.91. The normalized spacial score (nSPS) is 22.9. The van der Waals surface area contributed by atoms with Crippen LogP contribution in [0.2, 0.25) is 0 Å². The van der Waals surface area contributed by atoms with Gasteiger partial charge in [0, 0.05) is 44.1 Å². The number of aromatic nitrogens is 1. The first-order valence-corrected chi connectivity index (χ1v) is 6.86. The number of anilines is 1. The molecule has 0 saturated carbocycles. The molecule has 6 heteroatoms. The molecule has 1 fully saturated rings. The maximum Gasteiger partial charge on any atom is 0.250 e. The summed E-state index contributed by atoms with van der Waals surface area (Å²) in [5.74, 6) is 0. The lowest BCUT2D eigenvalue weighted by molar-refractivity contribution is -0.149. The number of ether oxygens (including phenoxy) is 1. The zero-order chi connectivity index (χ0) is 14.8. The lowest BCUT2D eigenvalue weighted by Gasteiger charge is -2.42. The third kappa shape index (κ3) is 3.82. The molecule has 0 spiro atoms. The van der Waals surface area contributed by atoms with Crippen LogP contribution in [0.25, 0.3) is 0 Å². The Bertz CT molecular complexity index is 513. The van der Waals surface area contributed by atoms with Gasteiger partial charge >= 0.3 is 0 Å². The Morgan fingerprint density at radius 1 is 1.45 bits per heavy atom. The van der Waals surface area contributed by atoms with Gasteiger partial charge in [0.25, 0.3) is 5.56 Å². The van der Waals surface area contributed by atoms with E-state index in [4.69, 9.17) is 10.5 Å². The van der Waals surface area contributed by atoms with E-state index in [0.717, 1.165) is 13.1 Å². The molecule has 0 bridgehead atoms. The summed E-state index contributed by atoms with van der Waals surface area (Å²) in [6.07, 6.45) is 1.49. The molecule has 0 aliphatic carbocycles. The number of pyridine rings is 1. The number of morpholine rings is 1. The van der Waals surface area contributed by atoms with E-state index in [1.807, 2.05) is 13.8 Å². The summed E-state index contributed by atoms with van der Waals surface area (Å²) in [7, 11) is 0. The van der Waals surface area contributed by atoms with E-state index in [1.54, 1.807) is 16.8 Å². The highest BCUT2D eigenvalue weighted by atomic mass is 16.5. The first kappa shape index (κ1) is 15.0. The van der Waals surface area contributed by atoms with Crippen LogP contribution in [0.5, 0.6) is 0 Å². The van der Waals surface area contributed by atoms with E-state index >= 15 is 0 Å². The van der Waals surface area contributed by atoms with E-state index < -0.39 is 0 Å². The van der Waals surface area contributed by atoms with Crippen LogP contribution >= 0.6 is 0 Å². The predicted octanol–water partition coefficient (Wildman–Crippen LogP) is -0.0978. The number of nitrogen functional groups attached to an aromatic ring is 1. The van der Waals surface area contributed by atoms with Crippen LogP contribution in [0, 0.1) is 0 Å². The van der Waals surface area contributed by atoms with Gasteiger partial charge in [0.15, 0.2) is 0 Å². The summed E-state index contributed by atoms with van der Waals surface area (Å²) in [5, 5.41) is 9.28. The molecule has 0 radical (unpaired) electrons. The highest BCUT2D eigenvalue weighted by Crippen LogP contribution is 2.20. The fraction of sp³-hybridized carbons (Fsp3) is 0.643. The van der Waals surface area contributed by atoms with Gasteiger partial charge in [-0.05, 0) is 19.9 Å². The summed E-state index contributed by atoms with van der Waals surface area (Å²) in [4.78, 5) is 13.9. The first-order valence-electron chi connectivity index (χ1n) is 6.86. The highest BCUT2D eigenvalue weighted by Gasteiger charge is 2.32. The van der Waals surface area contributed by atoms with Crippen LogP contribution in [-0.2, 0) is 11.3 Å². The van der Waals surface area contributed by atoms with Crippen LogP contribution in [0.4, 0.5) is 5.69 Å². The molecule has 20 heavy (non-hydrogen) atoms. The van der Waals surface area contributed by atoms with Crippen molar-refractivity contribution in [2.75, 3.05) is 32.0 Å². The minimum absolute atomic E-state index is 0.0121. The predicted molar refractivity (Wildman–Crippen MR) is 77.6 cm³/mol. The topological polar surface area (TPSA) is 80.7 Å². The van der Waals surface area contributed by atoms with Crippen molar-refractivity contribution >= 4 is 5.69 Å². The Hall–Kier alpha value is -1.37. The Labute approximate surface area is 118 Å². The number of aliphatic hydroxyl groups is 1. The molecule has 2 rings (SSSR count). The third-order valence-corrected chi connectivity index (χ3v) is 3.42. The molecule has 1 aliphatic heterocycles. The molecular formula is C14H23N3O3. The van der Waals surface area contributed by atoms with E-state index in [1.165, 1.54) is 6.07 Å². The van der Waals surface area contributed by atoms with E-state index in [2.05, 4.69) is 4.90 Å². The molecule has 3 N–H and O–H groups in total. The van der Waals surface area contributed by atoms with Crippen molar-refractivity contribution in [2.24, 2.45) is 0 Å². The Kier molecular flexibility index (Phi) is 4.47. The van der Waals surface area contributed by atoms with Crippen molar-refractivity contribution in [3.63, 3.8) is 0 Å². The molecule has 2 heterocycles. The van der Waals surface area contributed by atoms with Gasteiger partial charge in [-0.3, -0.25) is 9.69 Å². The quantitative estimate of drug-likeness (QED) is 0.805. The molecular weight excluding hydrogens is 258 g/mol. The van der Waals surface area contributed by atoms with Gasteiger partial charge in [0.2, 0.25) is 0 Å². The van der Waals surface area contributed by atoms with Crippen molar-refractivity contribution in [2.45, 2.75) is 32.1 Å². The van der Waals surface area contributed by atoms with Gasteiger partial charge < -0.3 is 20.1 Å². The fourth-order valence-corrected chi connectivity index (χ4v) is 2.66. The lowest BCUT2D eigenvalue weighted by atomic mass is 10.1. The minimum atomic E-state index is -0.285. The van der Waals surface area contributed by atoms with Crippen molar-refractivity contribution in [3.8, 4) is 0 Å². The van der Waals surface area contributed by atoms with Gasteiger partial charge in [-0.25, -0.2) is 0 Å². The molecule has 6 nitrogen and oxygen atoms in total. The average molecular weight is 281 g/mol. The maximum atomic E-state index is 11.7. The zero-order valence-corrected chi connectivity index (χ0v) is 12.1. The molecule has 1 aromatic rings. The van der Waals surface area contributed by atoms with Gasteiger partial charge in [-0.2, -0.15) is 0 Å². The van der Waals surface area contributed by atoms with Crippen molar-refractivity contribution < 1.29 is 9.84 Å². The van der Waals surface area contributed by atoms with Crippen molar-refractivity contribution in [1.29, 1.82) is 0 Å². The fourth-order valence-electron chi connectivity index (χ4n) is 2.66. The third-order valence-electron chi connectivity index (χ3n) is 3.42. The summed E-state index contributed by atoms with van der Waals surface area (Å²) < 4.78 is 7.38. The number of rotatable bonds is 4. The largest absolute Gasteiger partial charge is 0.398 e. The van der Waals surface area contributed by atoms with Crippen molar-refractivity contribution in [3.05, 3.63) is 28.7 Å². The van der Waals surface area contributed by atoms with Crippen LogP contribution in [-0.4, -0.2) is 52.5 Å². The smallest absolute Gasteiger partial charge is 0.250 e. The monoisotopic (exact) mass is 281 g/mol. The number of nitrogens with zero attached hydrogens (tertiary/aromatic N) is 2. The lowest BCUT2D eigenvalue weighted by Crippen LogP contribution is -2.54. The number of hydrogen-bond acceptors (Lipinski definition) is 5. The number of aliphatic hydroxyl groups excluding tert-OH is 1. The van der Waals surface area contributed by atoms with Crippen LogP contribution < -0.4 is 11.3 Å². The molecule has 1 saturated heterocycles. The summed E-state index contributed by atoms with van der Waals surface area (Å²) in [6.45, 7) is 6.80. The SMILES string of the molecule is CC1(C)CN(CCn2cc(N)ccc2=O)CC(CO)O1. The molecule has 112 valence electrons. The van der Waals surface area contributed by atoms with Gasteiger partial charge in [-0.15, -0.1) is 0 Å². The van der Waals surface area contributed by atoms with E-state index in [-0.39, 0.29) is 23.9 Å². The summed E-state index contributed by atoms with van der Waals surface area (Å²) in [6, 6.07) is 3.09. The van der Waals surface area contributed by atoms with Gasteiger partial charge in [0.1, 0.15) is 0 Å². The molecule has 1 atom stereocenters. The minimum Gasteiger partial charge on any atom is -0.398 e. The standard InChI is InChI=1S/C14H23N3O3/c1-14(2)10-16(8-12(9-18)20-14)5-6-17-7-11(15)3-4-13(17)19/h3-4,7,12,18H,5-6,8-10,15H2,1-2H3. The average Bonchev–Trinajstić information content (AvgIpc) is 2.38. The van der Waals surface area contributed by atoms with Crippen LogP contribution in [0.15, 0.2) is 23.1 Å². The van der Waals surface area contributed by atoms with Gasteiger partial charge in [0.05, 0.1) is 18.3 Å². The number of hydrogen-bond donors (Lipinski definition) is 2. The first-order chi connectivity index (χ1) is 9.39. The Morgan fingerprint density at radius 3 is 2.90 bits per heavy atom. The number of nitrogens with two attached hydrogens (primary N) is 1. The van der Waals surface area contributed by atoms with Crippen LogP contribution in [0.1, 0.15) is 13.8 Å². The van der Waals surface area contributed by atoms with Gasteiger partial charge in [-0.1, -0.05) is 0 Å². The zero-order valence-electron chi connectivity index (χ0n) is 12.1. The van der Waals surface area contributed by atoms with Crippen LogP contribution in [0.3, 0.4) is 0 Å². The molecule has 1 aliphatic rings. The second kappa shape index (κ2) is 5.95. The van der Waals surface area contributed by atoms with E-state index in [0.29, 0.717) is 18.8 Å². The molecule has 1 unspecified atom stereocenters. The van der Waals surface area contributed by atoms with E-state index in [9.17, 15) is 9.90 Å². The maximum absolute atomic E-state index is 11.7. The molecule has 0 aromatic carbocycles. The summed E-state index contributed by atoms with van der Waals surface area (Å²) in [5.41, 5.74) is 5.94. The molecule has 1 aromatic heterocycles.